The van der Waals surface area contributed by atoms with Crippen LogP contribution in [-0.2, 0) is 6.18 Å². The first kappa shape index (κ1) is 20.3. The van der Waals surface area contributed by atoms with Gasteiger partial charge in [0, 0.05) is 16.5 Å². The summed E-state index contributed by atoms with van der Waals surface area (Å²) in [5.74, 6) is -1.30. The van der Waals surface area contributed by atoms with Crippen molar-refractivity contribution in [3.8, 4) is 0 Å². The Balaban J connectivity index is 2.37. The average Bonchev–Trinajstić information content (AvgIpc) is 2.54. The van der Waals surface area contributed by atoms with Gasteiger partial charge in [0.15, 0.2) is 5.78 Å². The lowest BCUT2D eigenvalue weighted by Crippen LogP contribution is -2.19. The van der Waals surface area contributed by atoms with Gasteiger partial charge in [-0.05, 0) is 36.4 Å². The minimum absolute atomic E-state index is 0.00686. The van der Waals surface area contributed by atoms with E-state index in [0.717, 1.165) is 18.2 Å². The Morgan fingerprint density at radius 2 is 1.65 bits per heavy atom. The van der Waals surface area contributed by atoms with Gasteiger partial charge >= 0.3 is 6.18 Å². The summed E-state index contributed by atoms with van der Waals surface area (Å²) < 4.78 is 38.1. The lowest BCUT2D eigenvalue weighted by Gasteiger charge is -2.14. The van der Waals surface area contributed by atoms with Crippen molar-refractivity contribution >= 4 is 40.6 Å². The largest absolute Gasteiger partial charge is 0.416 e. The molecule has 0 radical (unpaired) electrons. The van der Waals surface area contributed by atoms with Gasteiger partial charge in [0.05, 0.1) is 21.8 Å². The van der Waals surface area contributed by atoms with Crippen molar-refractivity contribution in [2.75, 3.05) is 5.32 Å². The molecule has 0 saturated heterocycles. The number of alkyl halides is 3. The second-order valence-corrected chi connectivity index (χ2v) is 6.70. The molecule has 0 bridgehead atoms. The molecule has 0 aliphatic heterocycles. The number of hydrogen-bond acceptors (Lipinski definition) is 2. The van der Waals surface area contributed by atoms with Crippen molar-refractivity contribution in [1.29, 1.82) is 0 Å². The van der Waals surface area contributed by atoms with E-state index in [9.17, 15) is 22.8 Å². The highest BCUT2D eigenvalue weighted by atomic mass is 35.5. The maximum atomic E-state index is 12.7. The highest BCUT2D eigenvalue weighted by molar-refractivity contribution is 6.34. The zero-order chi connectivity index (χ0) is 19.6. The number of nitrogens with one attached hydrogen (secondary N) is 1. The van der Waals surface area contributed by atoms with Gasteiger partial charge in [-0.2, -0.15) is 13.2 Å². The fraction of sp³-hybridized carbons (Fsp3) is 0.222. The second-order valence-electron chi connectivity index (χ2n) is 5.86. The maximum absolute atomic E-state index is 12.7. The first-order valence-corrected chi connectivity index (χ1v) is 8.28. The topological polar surface area (TPSA) is 46.2 Å². The molecular formula is C18H14Cl2F3NO2. The van der Waals surface area contributed by atoms with Crippen LogP contribution in [0.1, 0.15) is 40.1 Å². The van der Waals surface area contributed by atoms with E-state index in [1.54, 1.807) is 13.8 Å². The van der Waals surface area contributed by atoms with E-state index in [-0.39, 0.29) is 38.6 Å². The highest BCUT2D eigenvalue weighted by Crippen LogP contribution is 2.34. The predicted octanol–water partition coefficient (Wildman–Crippen LogP) is 6.10. The molecule has 0 aliphatic rings. The number of hydrogen-bond donors (Lipinski definition) is 1. The van der Waals surface area contributed by atoms with Crippen molar-refractivity contribution in [3.63, 3.8) is 0 Å². The minimum Gasteiger partial charge on any atom is -0.321 e. The van der Waals surface area contributed by atoms with Crippen LogP contribution in [0.2, 0.25) is 10.0 Å². The Bertz CT molecular complexity index is 864. The van der Waals surface area contributed by atoms with Crippen molar-refractivity contribution < 1.29 is 22.8 Å². The van der Waals surface area contributed by atoms with Crippen LogP contribution in [-0.4, -0.2) is 11.7 Å². The molecule has 1 amide bonds. The number of rotatable bonds is 4. The van der Waals surface area contributed by atoms with Gasteiger partial charge in [0.1, 0.15) is 0 Å². The Labute approximate surface area is 158 Å². The molecule has 1 N–H and O–H groups in total. The van der Waals surface area contributed by atoms with Gasteiger partial charge in [-0.15, -0.1) is 0 Å². The Morgan fingerprint density at radius 3 is 2.19 bits per heavy atom. The highest BCUT2D eigenvalue weighted by Gasteiger charge is 2.31. The zero-order valence-electron chi connectivity index (χ0n) is 13.7. The molecule has 0 aliphatic carbocycles. The molecule has 3 nitrogen and oxygen atoms in total. The predicted molar refractivity (Wildman–Crippen MR) is 95.0 cm³/mol. The summed E-state index contributed by atoms with van der Waals surface area (Å²) >= 11 is 11.8. The van der Waals surface area contributed by atoms with Gasteiger partial charge in [-0.3, -0.25) is 9.59 Å². The number of benzene rings is 2. The third-order valence-electron chi connectivity index (χ3n) is 3.56. The fourth-order valence-electron chi connectivity index (χ4n) is 2.21. The first-order valence-electron chi connectivity index (χ1n) is 7.52. The summed E-state index contributed by atoms with van der Waals surface area (Å²) in [6.45, 7) is 3.37. The third kappa shape index (κ3) is 4.56. The molecule has 8 heteroatoms. The summed E-state index contributed by atoms with van der Waals surface area (Å²) in [7, 11) is 0. The monoisotopic (exact) mass is 403 g/mol. The third-order valence-corrected chi connectivity index (χ3v) is 4.11. The molecule has 0 unspecified atom stereocenters. The van der Waals surface area contributed by atoms with Crippen LogP contribution < -0.4 is 5.32 Å². The summed E-state index contributed by atoms with van der Waals surface area (Å²) in [4.78, 5) is 24.8. The van der Waals surface area contributed by atoms with E-state index in [4.69, 9.17) is 23.2 Å². The standard InChI is InChI=1S/C18H14Cl2F3NO2/c1-9(2)16(25)12-5-4-11(19)8-13(12)17(26)24-15-6-3-10(7-14(15)20)18(21,22)23/h3-9H,1-2H3,(H,24,26). The molecule has 2 aromatic carbocycles. The summed E-state index contributed by atoms with van der Waals surface area (Å²) in [6, 6.07) is 6.82. The minimum atomic E-state index is -4.55. The normalized spacial score (nSPS) is 11.5. The number of ketones is 1. The van der Waals surface area contributed by atoms with Gasteiger partial charge in [0.25, 0.3) is 5.91 Å². The molecule has 0 saturated carbocycles. The first-order chi connectivity index (χ1) is 12.0. The Kier molecular flexibility index (Phi) is 5.98. The lowest BCUT2D eigenvalue weighted by molar-refractivity contribution is -0.137. The van der Waals surface area contributed by atoms with Gasteiger partial charge in [-0.25, -0.2) is 0 Å². The van der Waals surface area contributed by atoms with E-state index in [2.05, 4.69) is 5.32 Å². The molecule has 0 spiro atoms. The van der Waals surface area contributed by atoms with Gasteiger partial charge in [0.2, 0.25) is 0 Å². The molecule has 138 valence electrons. The molecule has 0 fully saturated rings. The molecule has 0 heterocycles. The van der Waals surface area contributed by atoms with Crippen molar-refractivity contribution in [2.24, 2.45) is 5.92 Å². The van der Waals surface area contributed by atoms with Crippen LogP contribution in [0, 0.1) is 5.92 Å². The number of carbonyl (C=O) groups excluding carboxylic acids is 2. The van der Waals surface area contributed by atoms with E-state index in [0.29, 0.717) is 0 Å². The summed E-state index contributed by atoms with van der Waals surface area (Å²) in [5, 5.41) is 2.39. The van der Waals surface area contributed by atoms with Crippen molar-refractivity contribution in [3.05, 3.63) is 63.1 Å². The van der Waals surface area contributed by atoms with Gasteiger partial charge < -0.3 is 5.32 Å². The quantitative estimate of drug-likeness (QED) is 0.626. The van der Waals surface area contributed by atoms with Crippen LogP contribution in [0.3, 0.4) is 0 Å². The van der Waals surface area contributed by atoms with E-state index in [1.165, 1.54) is 18.2 Å². The molecule has 26 heavy (non-hydrogen) atoms. The molecule has 2 aromatic rings. The number of Topliss-reactive ketones (excluding diaryl/α,β-unsaturated/α-hetero) is 1. The summed E-state index contributed by atoms with van der Waals surface area (Å²) in [5.41, 5.74) is -0.747. The Hall–Kier alpha value is -2.05. The van der Waals surface area contributed by atoms with Crippen LogP contribution in [0.4, 0.5) is 18.9 Å². The van der Waals surface area contributed by atoms with Crippen LogP contribution >= 0.6 is 23.2 Å². The molecule has 2 rings (SSSR count). The van der Waals surface area contributed by atoms with Crippen molar-refractivity contribution in [2.45, 2.75) is 20.0 Å². The Morgan fingerprint density at radius 1 is 1.00 bits per heavy atom. The van der Waals surface area contributed by atoms with E-state index < -0.39 is 17.6 Å². The van der Waals surface area contributed by atoms with Crippen molar-refractivity contribution in [1.82, 2.24) is 0 Å². The van der Waals surface area contributed by atoms with E-state index in [1.807, 2.05) is 0 Å². The molecular weight excluding hydrogens is 390 g/mol. The number of anilines is 1. The van der Waals surface area contributed by atoms with Gasteiger partial charge in [-0.1, -0.05) is 37.0 Å². The van der Waals surface area contributed by atoms with E-state index >= 15 is 0 Å². The second kappa shape index (κ2) is 7.68. The summed E-state index contributed by atoms with van der Waals surface area (Å²) in [6.07, 6.45) is -4.55. The maximum Gasteiger partial charge on any atom is 0.416 e. The number of halogens is 5. The van der Waals surface area contributed by atoms with Crippen LogP contribution in [0.5, 0.6) is 0 Å². The molecule has 0 aromatic heterocycles. The smallest absolute Gasteiger partial charge is 0.321 e. The lowest BCUT2D eigenvalue weighted by atomic mass is 9.96. The SMILES string of the molecule is CC(C)C(=O)c1ccc(Cl)cc1C(=O)Nc1ccc(C(F)(F)F)cc1Cl. The van der Waals surface area contributed by atoms with Crippen LogP contribution in [0.15, 0.2) is 36.4 Å². The molecule has 0 atom stereocenters. The average molecular weight is 404 g/mol. The number of amides is 1. The number of carbonyl (C=O) groups is 2. The zero-order valence-corrected chi connectivity index (χ0v) is 15.3. The van der Waals surface area contributed by atoms with Crippen LogP contribution in [0.25, 0.3) is 0 Å². The fourth-order valence-corrected chi connectivity index (χ4v) is 2.61.